The minimum atomic E-state index is -0.0713. The minimum Gasteiger partial charge on any atom is -0.486 e. The zero-order chi connectivity index (χ0) is 15.4. The highest BCUT2D eigenvalue weighted by Gasteiger charge is 2.17. The molecule has 5 nitrogen and oxygen atoms in total. The molecule has 0 unspecified atom stereocenters. The van der Waals surface area contributed by atoms with Crippen LogP contribution in [0.1, 0.15) is 23.0 Å². The second-order valence-corrected chi connectivity index (χ2v) is 5.01. The van der Waals surface area contributed by atoms with Gasteiger partial charge in [0, 0.05) is 19.3 Å². The Kier molecular flexibility index (Phi) is 4.23. The first-order valence-electron chi connectivity index (χ1n) is 7.36. The number of hydrogen-bond acceptors (Lipinski definition) is 4. The Labute approximate surface area is 129 Å². The van der Waals surface area contributed by atoms with Gasteiger partial charge in [0.2, 0.25) is 0 Å². The third kappa shape index (κ3) is 3.03. The van der Waals surface area contributed by atoms with E-state index in [1.165, 1.54) is 0 Å². The molecule has 3 rings (SSSR count). The normalized spacial score (nSPS) is 12.8. The second-order valence-electron chi connectivity index (χ2n) is 5.01. The lowest BCUT2D eigenvalue weighted by atomic mass is 10.1. The molecule has 1 aliphatic heterocycles. The number of nitrogens with zero attached hydrogens (tertiary/aromatic N) is 2. The van der Waals surface area contributed by atoms with E-state index in [1.54, 1.807) is 23.2 Å². The van der Waals surface area contributed by atoms with Gasteiger partial charge in [0.05, 0.1) is 0 Å². The van der Waals surface area contributed by atoms with Crippen LogP contribution in [0, 0.1) is 0 Å². The number of fused-ring (bicyclic) bond motifs is 1. The van der Waals surface area contributed by atoms with Gasteiger partial charge in [-0.3, -0.25) is 9.78 Å². The van der Waals surface area contributed by atoms with E-state index in [-0.39, 0.29) is 5.91 Å². The lowest BCUT2D eigenvalue weighted by Crippen LogP contribution is -2.31. The van der Waals surface area contributed by atoms with Crippen molar-refractivity contribution in [3.63, 3.8) is 0 Å². The second kappa shape index (κ2) is 6.47. The van der Waals surface area contributed by atoms with Crippen LogP contribution in [0.4, 0.5) is 0 Å². The van der Waals surface area contributed by atoms with Crippen LogP contribution in [0.2, 0.25) is 0 Å². The van der Waals surface area contributed by atoms with E-state index in [4.69, 9.17) is 9.47 Å². The highest BCUT2D eigenvalue weighted by atomic mass is 16.6. The average molecular weight is 298 g/mol. The molecule has 1 amide bonds. The lowest BCUT2D eigenvalue weighted by molar-refractivity contribution is 0.0746. The van der Waals surface area contributed by atoms with Crippen LogP contribution in [0.15, 0.2) is 42.6 Å². The molecule has 0 spiro atoms. The lowest BCUT2D eigenvalue weighted by Gasteiger charge is -2.23. The summed E-state index contributed by atoms with van der Waals surface area (Å²) in [6.45, 7) is 4.22. The summed E-state index contributed by atoms with van der Waals surface area (Å²) in [7, 11) is 0. The molecule has 0 bridgehead atoms. The zero-order valence-corrected chi connectivity index (χ0v) is 12.5. The zero-order valence-electron chi connectivity index (χ0n) is 12.5. The van der Waals surface area contributed by atoms with Gasteiger partial charge in [-0.1, -0.05) is 12.1 Å². The molecular weight excluding hydrogens is 280 g/mol. The summed E-state index contributed by atoms with van der Waals surface area (Å²) in [5.74, 6) is 1.43. The Balaban J connectivity index is 1.77. The Bertz CT molecular complexity index is 658. The number of pyridine rings is 1. The maximum atomic E-state index is 12.5. The van der Waals surface area contributed by atoms with Gasteiger partial charge in [0.25, 0.3) is 5.91 Å². The number of carbonyl (C=O) groups excluding carboxylic acids is 1. The van der Waals surface area contributed by atoms with Crippen molar-refractivity contribution in [3.05, 3.63) is 53.9 Å². The van der Waals surface area contributed by atoms with Crippen molar-refractivity contribution in [2.45, 2.75) is 13.5 Å². The number of amides is 1. The largest absolute Gasteiger partial charge is 0.486 e. The van der Waals surface area contributed by atoms with Crippen LogP contribution < -0.4 is 9.47 Å². The first kappa shape index (κ1) is 14.4. The summed E-state index contributed by atoms with van der Waals surface area (Å²) in [6.07, 6.45) is 1.63. The molecule has 0 N–H and O–H groups in total. The molecule has 2 aromatic rings. The third-order valence-corrected chi connectivity index (χ3v) is 3.53. The molecule has 22 heavy (non-hydrogen) atoms. The van der Waals surface area contributed by atoms with Crippen LogP contribution in [0.25, 0.3) is 0 Å². The van der Waals surface area contributed by atoms with Crippen LogP contribution in [0.5, 0.6) is 11.5 Å². The van der Waals surface area contributed by atoms with E-state index in [0.29, 0.717) is 32.0 Å². The molecule has 0 fully saturated rings. The van der Waals surface area contributed by atoms with E-state index in [2.05, 4.69) is 4.98 Å². The van der Waals surface area contributed by atoms with Gasteiger partial charge in [-0.05, 0) is 36.8 Å². The van der Waals surface area contributed by atoms with E-state index in [0.717, 1.165) is 17.1 Å². The number of benzene rings is 1. The Morgan fingerprint density at radius 2 is 2.00 bits per heavy atom. The van der Waals surface area contributed by atoms with Gasteiger partial charge < -0.3 is 14.4 Å². The summed E-state index contributed by atoms with van der Waals surface area (Å²) in [4.78, 5) is 18.4. The van der Waals surface area contributed by atoms with Crippen molar-refractivity contribution < 1.29 is 14.3 Å². The van der Waals surface area contributed by atoms with E-state index in [9.17, 15) is 4.79 Å². The third-order valence-electron chi connectivity index (χ3n) is 3.53. The molecule has 1 aromatic heterocycles. The van der Waals surface area contributed by atoms with Gasteiger partial charge in [-0.2, -0.15) is 0 Å². The molecule has 0 radical (unpaired) electrons. The van der Waals surface area contributed by atoms with Gasteiger partial charge in [0.15, 0.2) is 11.5 Å². The van der Waals surface area contributed by atoms with Crippen LogP contribution in [-0.2, 0) is 6.54 Å². The quantitative estimate of drug-likeness (QED) is 0.870. The van der Waals surface area contributed by atoms with E-state index in [1.807, 2.05) is 31.2 Å². The predicted octanol–water partition coefficient (Wildman–Crippen LogP) is 2.52. The molecule has 114 valence electrons. The maximum Gasteiger partial charge on any atom is 0.272 e. The van der Waals surface area contributed by atoms with E-state index < -0.39 is 0 Å². The smallest absolute Gasteiger partial charge is 0.272 e. The molecule has 2 heterocycles. The molecule has 1 aromatic carbocycles. The average Bonchev–Trinajstić information content (AvgIpc) is 2.59. The Hall–Kier alpha value is -2.56. The summed E-state index contributed by atoms with van der Waals surface area (Å²) >= 11 is 0. The van der Waals surface area contributed by atoms with E-state index >= 15 is 0 Å². The van der Waals surface area contributed by atoms with Gasteiger partial charge >= 0.3 is 0 Å². The Morgan fingerprint density at radius 1 is 1.18 bits per heavy atom. The predicted molar refractivity (Wildman–Crippen MR) is 82.1 cm³/mol. The maximum absolute atomic E-state index is 12.5. The minimum absolute atomic E-state index is 0.0713. The van der Waals surface area contributed by atoms with Crippen molar-refractivity contribution in [1.82, 2.24) is 9.88 Å². The number of carbonyl (C=O) groups is 1. The van der Waals surface area contributed by atoms with Gasteiger partial charge in [-0.25, -0.2) is 0 Å². The molecular formula is C17H18N2O3. The van der Waals surface area contributed by atoms with Crippen molar-refractivity contribution in [1.29, 1.82) is 0 Å². The number of hydrogen-bond donors (Lipinski definition) is 0. The van der Waals surface area contributed by atoms with Crippen LogP contribution >= 0.6 is 0 Å². The fraction of sp³-hybridized carbons (Fsp3) is 0.294. The topological polar surface area (TPSA) is 51.7 Å². The molecule has 1 aliphatic rings. The highest BCUT2D eigenvalue weighted by Crippen LogP contribution is 2.31. The first-order chi connectivity index (χ1) is 10.8. The summed E-state index contributed by atoms with van der Waals surface area (Å²) in [5.41, 5.74) is 1.47. The molecule has 0 saturated heterocycles. The van der Waals surface area contributed by atoms with Crippen LogP contribution in [-0.4, -0.2) is 35.5 Å². The van der Waals surface area contributed by atoms with Crippen molar-refractivity contribution in [2.24, 2.45) is 0 Å². The van der Waals surface area contributed by atoms with Crippen molar-refractivity contribution in [3.8, 4) is 11.5 Å². The molecule has 0 saturated carbocycles. The SMILES string of the molecule is CCN(Cc1ccc2c(c1)OCCO2)C(=O)c1ccccn1. The van der Waals surface area contributed by atoms with Gasteiger partial charge in [0.1, 0.15) is 18.9 Å². The number of aromatic nitrogens is 1. The number of rotatable bonds is 4. The summed E-state index contributed by atoms with van der Waals surface area (Å²) in [5, 5.41) is 0. The first-order valence-corrected chi connectivity index (χ1v) is 7.36. The monoisotopic (exact) mass is 298 g/mol. The van der Waals surface area contributed by atoms with Gasteiger partial charge in [-0.15, -0.1) is 0 Å². The van der Waals surface area contributed by atoms with Crippen LogP contribution in [0.3, 0.4) is 0 Å². The fourth-order valence-corrected chi connectivity index (χ4v) is 2.38. The molecule has 0 aliphatic carbocycles. The van der Waals surface area contributed by atoms with Crippen molar-refractivity contribution >= 4 is 5.91 Å². The molecule has 0 atom stereocenters. The summed E-state index contributed by atoms with van der Waals surface area (Å²) in [6, 6.07) is 11.1. The standard InChI is InChI=1S/C17H18N2O3/c1-2-19(17(20)14-5-3-4-8-18-14)12-13-6-7-15-16(11-13)22-10-9-21-15/h3-8,11H,2,9-10,12H2,1H3. The fourth-order valence-electron chi connectivity index (χ4n) is 2.38. The summed E-state index contributed by atoms with van der Waals surface area (Å²) < 4.78 is 11.1. The Morgan fingerprint density at radius 3 is 2.73 bits per heavy atom. The number of ether oxygens (including phenoxy) is 2. The molecule has 5 heteroatoms. The van der Waals surface area contributed by atoms with Crippen molar-refractivity contribution in [2.75, 3.05) is 19.8 Å². The highest BCUT2D eigenvalue weighted by molar-refractivity contribution is 5.92.